The van der Waals surface area contributed by atoms with Crippen molar-refractivity contribution in [1.29, 1.82) is 0 Å². The van der Waals surface area contributed by atoms with Crippen molar-refractivity contribution in [3.05, 3.63) is 0 Å². The van der Waals surface area contributed by atoms with E-state index in [0.29, 0.717) is 5.25 Å². The second-order valence-electron chi connectivity index (χ2n) is 4.57. The molecule has 5 heteroatoms. The molecule has 3 atom stereocenters. The Morgan fingerprint density at radius 2 is 2.50 bits per heavy atom. The summed E-state index contributed by atoms with van der Waals surface area (Å²) in [5.41, 5.74) is 0.0683. The third-order valence-corrected chi connectivity index (χ3v) is 5.88. The van der Waals surface area contributed by atoms with Gasteiger partial charge in [-0.3, -0.25) is 4.79 Å². The molecule has 0 aromatic heterocycles. The number of hydrogen-bond acceptors (Lipinski definition) is 4. The van der Waals surface area contributed by atoms with Gasteiger partial charge in [0.15, 0.2) is 0 Å². The van der Waals surface area contributed by atoms with E-state index in [2.05, 4.69) is 0 Å². The van der Waals surface area contributed by atoms with Crippen molar-refractivity contribution < 1.29 is 14.6 Å². The van der Waals surface area contributed by atoms with Crippen LogP contribution in [0.4, 0.5) is 0 Å². The monoisotopic (exact) mass is 262 g/mol. The molecule has 2 heterocycles. The Kier molecular flexibility index (Phi) is 4.08. The molecule has 2 saturated heterocycles. The summed E-state index contributed by atoms with van der Waals surface area (Å²) in [6, 6.07) is 0. The zero-order valence-electron chi connectivity index (χ0n) is 9.48. The van der Waals surface area contributed by atoms with E-state index in [-0.39, 0.29) is 10.9 Å². The molecule has 0 saturated carbocycles. The minimum absolute atomic E-state index is 0.0683. The Bertz CT molecular complexity index is 264. The Hall–Kier alpha value is 0.130. The normalized spacial score (nSPS) is 36.4. The summed E-state index contributed by atoms with van der Waals surface area (Å²) >= 11 is 3.56. The first-order valence-electron chi connectivity index (χ1n) is 5.71. The summed E-state index contributed by atoms with van der Waals surface area (Å²) in [7, 11) is 0. The first-order chi connectivity index (χ1) is 7.61. The van der Waals surface area contributed by atoms with Crippen molar-refractivity contribution in [2.75, 3.05) is 18.1 Å². The lowest BCUT2D eigenvalue weighted by Crippen LogP contribution is -2.41. The smallest absolute Gasteiger partial charge is 0.316 e. The van der Waals surface area contributed by atoms with Crippen molar-refractivity contribution in [1.82, 2.24) is 0 Å². The molecular formula is C11H18O3S2. The van der Waals surface area contributed by atoms with E-state index >= 15 is 0 Å². The topological polar surface area (TPSA) is 46.5 Å². The molecular weight excluding hydrogens is 244 g/mol. The van der Waals surface area contributed by atoms with Crippen LogP contribution in [0.15, 0.2) is 0 Å². The number of carboxylic acid groups (broad SMARTS) is 1. The van der Waals surface area contributed by atoms with Gasteiger partial charge in [-0.05, 0) is 31.9 Å². The van der Waals surface area contributed by atoms with Crippen molar-refractivity contribution in [3.63, 3.8) is 0 Å². The molecule has 16 heavy (non-hydrogen) atoms. The third-order valence-electron chi connectivity index (χ3n) is 3.26. The number of ether oxygens (including phenoxy) is 1. The molecule has 0 aliphatic carbocycles. The predicted octanol–water partition coefficient (Wildman–Crippen LogP) is 2.25. The van der Waals surface area contributed by atoms with E-state index in [0.717, 1.165) is 31.6 Å². The second kappa shape index (κ2) is 5.19. The van der Waals surface area contributed by atoms with Crippen LogP contribution < -0.4 is 0 Å². The van der Waals surface area contributed by atoms with Gasteiger partial charge in [0.05, 0.1) is 10.9 Å². The molecule has 3 unspecified atom stereocenters. The van der Waals surface area contributed by atoms with Crippen LogP contribution >= 0.6 is 23.5 Å². The fourth-order valence-corrected chi connectivity index (χ4v) is 5.01. The fraction of sp³-hybridized carbons (Fsp3) is 0.909. The largest absolute Gasteiger partial charge is 0.480 e. The van der Waals surface area contributed by atoms with E-state index in [1.54, 1.807) is 18.7 Å². The predicted molar refractivity (Wildman–Crippen MR) is 68.3 cm³/mol. The first-order valence-corrected chi connectivity index (χ1v) is 7.81. The van der Waals surface area contributed by atoms with Crippen molar-refractivity contribution >= 4 is 29.5 Å². The SMILES string of the molecule is CC(SC1CCOC2(CCSC2)C1)C(=O)O. The fourth-order valence-electron chi connectivity index (χ4n) is 2.31. The maximum atomic E-state index is 10.8. The zero-order valence-corrected chi connectivity index (χ0v) is 11.1. The number of carbonyl (C=O) groups is 1. The van der Waals surface area contributed by atoms with Crippen molar-refractivity contribution in [3.8, 4) is 0 Å². The molecule has 3 nitrogen and oxygen atoms in total. The number of thioether (sulfide) groups is 2. The Balaban J connectivity index is 1.89. The maximum Gasteiger partial charge on any atom is 0.316 e. The summed E-state index contributed by atoms with van der Waals surface area (Å²) < 4.78 is 5.92. The molecule has 2 aliphatic rings. The summed E-state index contributed by atoms with van der Waals surface area (Å²) in [5, 5.41) is 9.07. The van der Waals surface area contributed by atoms with Gasteiger partial charge in [0.25, 0.3) is 0 Å². The molecule has 1 spiro atoms. The van der Waals surface area contributed by atoms with Gasteiger partial charge >= 0.3 is 5.97 Å². The van der Waals surface area contributed by atoms with Crippen LogP contribution in [0, 0.1) is 0 Å². The minimum atomic E-state index is -0.702. The molecule has 2 fully saturated rings. The number of rotatable bonds is 3. The van der Waals surface area contributed by atoms with Gasteiger partial charge < -0.3 is 9.84 Å². The summed E-state index contributed by atoms with van der Waals surface area (Å²) in [4.78, 5) is 10.8. The summed E-state index contributed by atoms with van der Waals surface area (Å²) in [6.45, 7) is 2.57. The summed E-state index contributed by atoms with van der Waals surface area (Å²) in [6.07, 6.45) is 3.16. The molecule has 2 rings (SSSR count). The van der Waals surface area contributed by atoms with Crippen LogP contribution in [0.2, 0.25) is 0 Å². The highest BCUT2D eigenvalue weighted by Gasteiger charge is 2.41. The van der Waals surface area contributed by atoms with Crippen molar-refractivity contribution in [2.45, 2.75) is 42.3 Å². The van der Waals surface area contributed by atoms with Crippen LogP contribution in [0.1, 0.15) is 26.2 Å². The average Bonchev–Trinajstić information content (AvgIpc) is 2.66. The van der Waals surface area contributed by atoms with Crippen LogP contribution in [0.3, 0.4) is 0 Å². The van der Waals surface area contributed by atoms with Crippen LogP contribution in [0.5, 0.6) is 0 Å². The maximum absolute atomic E-state index is 10.8. The van der Waals surface area contributed by atoms with E-state index in [1.165, 1.54) is 5.75 Å². The lowest BCUT2D eigenvalue weighted by atomic mass is 9.93. The number of carboxylic acids is 1. The molecule has 0 aromatic rings. The average molecular weight is 262 g/mol. The lowest BCUT2D eigenvalue weighted by Gasteiger charge is -2.37. The van der Waals surface area contributed by atoms with Gasteiger partial charge in [-0.15, -0.1) is 11.8 Å². The van der Waals surface area contributed by atoms with Crippen LogP contribution in [-0.4, -0.2) is 45.3 Å². The van der Waals surface area contributed by atoms with Gasteiger partial charge in [-0.2, -0.15) is 11.8 Å². The molecule has 0 amide bonds. The van der Waals surface area contributed by atoms with Gasteiger partial charge in [-0.1, -0.05) is 0 Å². The molecule has 0 aromatic carbocycles. The Labute approximate surface area is 105 Å². The van der Waals surface area contributed by atoms with E-state index in [9.17, 15) is 4.79 Å². The van der Waals surface area contributed by atoms with Crippen LogP contribution in [0.25, 0.3) is 0 Å². The van der Waals surface area contributed by atoms with Crippen LogP contribution in [-0.2, 0) is 9.53 Å². The molecule has 2 aliphatic heterocycles. The highest BCUT2D eigenvalue weighted by Crippen LogP contribution is 2.42. The third kappa shape index (κ3) is 2.87. The minimum Gasteiger partial charge on any atom is -0.480 e. The van der Waals surface area contributed by atoms with E-state index in [4.69, 9.17) is 9.84 Å². The number of hydrogen-bond donors (Lipinski definition) is 1. The second-order valence-corrected chi connectivity index (χ2v) is 7.32. The number of aliphatic carboxylic acids is 1. The molecule has 1 N–H and O–H groups in total. The van der Waals surface area contributed by atoms with Gasteiger partial charge in [0, 0.05) is 17.6 Å². The molecule has 0 bridgehead atoms. The summed E-state index contributed by atoms with van der Waals surface area (Å²) in [5.74, 6) is 1.57. The van der Waals surface area contributed by atoms with E-state index in [1.807, 2.05) is 11.8 Å². The highest BCUT2D eigenvalue weighted by molar-refractivity contribution is 8.01. The first kappa shape index (κ1) is 12.6. The molecule has 0 radical (unpaired) electrons. The Morgan fingerprint density at radius 3 is 3.12 bits per heavy atom. The van der Waals surface area contributed by atoms with Gasteiger partial charge in [0.1, 0.15) is 0 Å². The lowest BCUT2D eigenvalue weighted by molar-refractivity contribution is -0.136. The standard InChI is InChI=1S/C11H18O3S2/c1-8(10(12)13)16-9-2-4-14-11(6-9)3-5-15-7-11/h8-9H,2-7H2,1H3,(H,12,13). The molecule has 92 valence electrons. The quantitative estimate of drug-likeness (QED) is 0.845. The highest BCUT2D eigenvalue weighted by atomic mass is 32.2. The van der Waals surface area contributed by atoms with Gasteiger partial charge in [-0.25, -0.2) is 0 Å². The van der Waals surface area contributed by atoms with Gasteiger partial charge in [0.2, 0.25) is 0 Å². The van der Waals surface area contributed by atoms with Crippen molar-refractivity contribution in [2.24, 2.45) is 0 Å². The Morgan fingerprint density at radius 1 is 1.69 bits per heavy atom. The zero-order chi connectivity index (χ0) is 11.6. The van der Waals surface area contributed by atoms with E-state index < -0.39 is 5.97 Å².